The Morgan fingerprint density at radius 3 is 2.74 bits per heavy atom. The number of ether oxygens (including phenoxy) is 1. The van der Waals surface area contributed by atoms with Crippen LogP contribution in [0.25, 0.3) is 0 Å². The standard InChI is InChI=1S/C17H20N4O6/c1-10-7-21(17(26)20-15(10)24)8-14(23)19-13(9-22)16(25)18-11-4-3-5-12(6-11)27-2/h3-7,13,22H,8-9H2,1-2H3,(H,18,25)(H,19,23)(H,20,24,26). The normalized spacial score (nSPS) is 11.5. The van der Waals surface area contributed by atoms with Gasteiger partial charge in [0, 0.05) is 23.5 Å². The van der Waals surface area contributed by atoms with Gasteiger partial charge in [0.25, 0.3) is 5.56 Å². The lowest BCUT2D eigenvalue weighted by Gasteiger charge is -2.17. The number of hydrogen-bond donors (Lipinski definition) is 4. The third-order valence-electron chi connectivity index (χ3n) is 3.67. The molecule has 0 aliphatic heterocycles. The summed E-state index contributed by atoms with van der Waals surface area (Å²) in [5, 5.41) is 14.3. The predicted octanol–water partition coefficient (Wildman–Crippen LogP) is -1.03. The molecular weight excluding hydrogens is 356 g/mol. The van der Waals surface area contributed by atoms with Gasteiger partial charge in [-0.3, -0.25) is 23.9 Å². The van der Waals surface area contributed by atoms with Crippen molar-refractivity contribution in [1.82, 2.24) is 14.9 Å². The Labute approximate surface area is 153 Å². The number of aliphatic hydroxyl groups is 1. The number of hydrogen-bond acceptors (Lipinski definition) is 6. The molecule has 1 aromatic carbocycles. The first-order valence-electron chi connectivity index (χ1n) is 7.99. The molecule has 1 atom stereocenters. The van der Waals surface area contributed by atoms with Crippen LogP contribution in [0.1, 0.15) is 5.56 Å². The van der Waals surface area contributed by atoms with Crippen LogP contribution in [0.3, 0.4) is 0 Å². The Kier molecular flexibility index (Phi) is 6.50. The molecule has 10 nitrogen and oxygen atoms in total. The Hall–Kier alpha value is -3.40. The van der Waals surface area contributed by atoms with E-state index in [9.17, 15) is 24.3 Å². The number of aromatic amines is 1. The maximum atomic E-state index is 12.3. The van der Waals surface area contributed by atoms with Crippen LogP contribution in [-0.2, 0) is 16.1 Å². The van der Waals surface area contributed by atoms with E-state index in [1.54, 1.807) is 24.3 Å². The van der Waals surface area contributed by atoms with Gasteiger partial charge in [0.1, 0.15) is 18.3 Å². The first-order chi connectivity index (χ1) is 12.8. The summed E-state index contributed by atoms with van der Waals surface area (Å²) in [5.41, 5.74) is -0.596. The SMILES string of the molecule is COc1cccc(NC(=O)C(CO)NC(=O)Cn2cc(C)c(=O)[nH]c2=O)c1. The van der Waals surface area contributed by atoms with Crippen LogP contribution in [0, 0.1) is 6.92 Å². The van der Waals surface area contributed by atoms with Crippen molar-refractivity contribution in [2.45, 2.75) is 19.5 Å². The highest BCUT2D eigenvalue weighted by molar-refractivity contribution is 5.97. The summed E-state index contributed by atoms with van der Waals surface area (Å²) in [4.78, 5) is 49.5. The minimum Gasteiger partial charge on any atom is -0.497 e. The molecule has 27 heavy (non-hydrogen) atoms. The quantitative estimate of drug-likeness (QED) is 0.487. The molecule has 10 heteroatoms. The highest BCUT2D eigenvalue weighted by Gasteiger charge is 2.20. The van der Waals surface area contributed by atoms with E-state index in [-0.39, 0.29) is 5.56 Å². The predicted molar refractivity (Wildman–Crippen MR) is 96.7 cm³/mol. The summed E-state index contributed by atoms with van der Waals surface area (Å²) in [5.74, 6) is -0.780. The average molecular weight is 376 g/mol. The summed E-state index contributed by atoms with van der Waals surface area (Å²) in [6, 6.07) is 5.36. The van der Waals surface area contributed by atoms with Crippen molar-refractivity contribution in [2.75, 3.05) is 19.0 Å². The summed E-state index contributed by atoms with van der Waals surface area (Å²) >= 11 is 0. The van der Waals surface area contributed by atoms with Crippen molar-refractivity contribution in [2.24, 2.45) is 0 Å². The minimum absolute atomic E-state index is 0.261. The van der Waals surface area contributed by atoms with Crippen molar-refractivity contribution in [3.8, 4) is 5.75 Å². The number of anilines is 1. The second kappa shape index (κ2) is 8.81. The van der Waals surface area contributed by atoms with Crippen LogP contribution in [0.2, 0.25) is 0 Å². The zero-order valence-corrected chi connectivity index (χ0v) is 14.8. The molecule has 0 bridgehead atoms. The van der Waals surface area contributed by atoms with Crippen LogP contribution in [-0.4, -0.2) is 46.2 Å². The fraction of sp³-hybridized carbons (Fsp3) is 0.294. The van der Waals surface area contributed by atoms with Crippen molar-refractivity contribution >= 4 is 17.5 Å². The van der Waals surface area contributed by atoms with Gasteiger partial charge in [0.2, 0.25) is 11.8 Å². The summed E-state index contributed by atoms with van der Waals surface area (Å²) < 4.78 is 6.06. The van der Waals surface area contributed by atoms with E-state index in [0.29, 0.717) is 11.4 Å². The number of H-pyrrole nitrogens is 1. The molecule has 0 saturated heterocycles. The molecule has 0 fully saturated rings. The Balaban J connectivity index is 2.03. The number of carbonyl (C=O) groups excluding carboxylic acids is 2. The van der Waals surface area contributed by atoms with Gasteiger partial charge < -0.3 is 20.5 Å². The van der Waals surface area contributed by atoms with Gasteiger partial charge in [0.05, 0.1) is 13.7 Å². The molecule has 0 aliphatic carbocycles. The molecule has 0 aliphatic rings. The average Bonchev–Trinajstić information content (AvgIpc) is 2.64. The lowest BCUT2D eigenvalue weighted by Crippen LogP contribution is -2.48. The number of aryl methyl sites for hydroxylation is 1. The van der Waals surface area contributed by atoms with Crippen LogP contribution in [0.4, 0.5) is 5.69 Å². The molecule has 1 heterocycles. The van der Waals surface area contributed by atoms with E-state index in [0.717, 1.165) is 4.57 Å². The molecule has 1 aromatic heterocycles. The van der Waals surface area contributed by atoms with E-state index in [1.165, 1.54) is 20.2 Å². The van der Waals surface area contributed by atoms with Crippen molar-refractivity contribution < 1.29 is 19.4 Å². The van der Waals surface area contributed by atoms with Crippen LogP contribution in [0.15, 0.2) is 40.1 Å². The third-order valence-corrected chi connectivity index (χ3v) is 3.67. The fourth-order valence-electron chi connectivity index (χ4n) is 2.25. The van der Waals surface area contributed by atoms with Gasteiger partial charge in [0.15, 0.2) is 0 Å². The van der Waals surface area contributed by atoms with Gasteiger partial charge in [-0.05, 0) is 19.1 Å². The molecule has 4 N–H and O–H groups in total. The van der Waals surface area contributed by atoms with Crippen LogP contribution >= 0.6 is 0 Å². The minimum atomic E-state index is -1.22. The first-order valence-corrected chi connectivity index (χ1v) is 7.99. The number of nitrogens with one attached hydrogen (secondary N) is 3. The monoisotopic (exact) mass is 376 g/mol. The smallest absolute Gasteiger partial charge is 0.328 e. The molecule has 2 aromatic rings. The number of nitrogens with zero attached hydrogens (tertiary/aromatic N) is 1. The number of methoxy groups -OCH3 is 1. The zero-order chi connectivity index (χ0) is 20.0. The zero-order valence-electron chi connectivity index (χ0n) is 14.8. The largest absolute Gasteiger partial charge is 0.497 e. The number of amides is 2. The van der Waals surface area contributed by atoms with Gasteiger partial charge in [-0.1, -0.05) is 6.07 Å². The topological polar surface area (TPSA) is 143 Å². The molecule has 0 radical (unpaired) electrons. The molecule has 2 amide bonds. The highest BCUT2D eigenvalue weighted by Crippen LogP contribution is 2.16. The second-order valence-electron chi connectivity index (χ2n) is 5.72. The third kappa shape index (κ3) is 5.28. The van der Waals surface area contributed by atoms with Crippen molar-refractivity contribution in [3.63, 3.8) is 0 Å². The van der Waals surface area contributed by atoms with Gasteiger partial charge in [-0.2, -0.15) is 0 Å². The maximum absolute atomic E-state index is 12.3. The van der Waals surface area contributed by atoms with E-state index in [2.05, 4.69) is 15.6 Å². The molecule has 1 unspecified atom stereocenters. The van der Waals surface area contributed by atoms with Crippen molar-refractivity contribution in [1.29, 1.82) is 0 Å². The second-order valence-corrected chi connectivity index (χ2v) is 5.72. The number of aliphatic hydroxyl groups excluding tert-OH is 1. The Bertz CT molecular complexity index is 949. The molecule has 0 saturated carbocycles. The van der Waals surface area contributed by atoms with E-state index >= 15 is 0 Å². The van der Waals surface area contributed by atoms with Gasteiger partial charge in [-0.15, -0.1) is 0 Å². The van der Waals surface area contributed by atoms with E-state index in [1.807, 2.05) is 0 Å². The van der Waals surface area contributed by atoms with Gasteiger partial charge >= 0.3 is 5.69 Å². The molecule has 2 rings (SSSR count). The van der Waals surface area contributed by atoms with Crippen molar-refractivity contribution in [3.05, 3.63) is 56.9 Å². The summed E-state index contributed by atoms with van der Waals surface area (Å²) in [7, 11) is 1.48. The number of rotatable bonds is 7. The number of carbonyl (C=O) groups is 2. The lowest BCUT2D eigenvalue weighted by atomic mass is 10.2. The lowest BCUT2D eigenvalue weighted by molar-refractivity contribution is -0.127. The highest BCUT2D eigenvalue weighted by atomic mass is 16.5. The number of benzene rings is 1. The van der Waals surface area contributed by atoms with Crippen LogP contribution in [0.5, 0.6) is 5.75 Å². The van der Waals surface area contributed by atoms with Gasteiger partial charge in [-0.25, -0.2) is 4.79 Å². The Morgan fingerprint density at radius 2 is 2.07 bits per heavy atom. The first kappa shape index (κ1) is 19.9. The summed E-state index contributed by atoms with van der Waals surface area (Å²) in [6.45, 7) is 0.436. The Morgan fingerprint density at radius 1 is 1.33 bits per heavy atom. The molecular formula is C17H20N4O6. The van der Waals surface area contributed by atoms with Crippen LogP contribution < -0.4 is 26.6 Å². The maximum Gasteiger partial charge on any atom is 0.328 e. The van der Waals surface area contributed by atoms with E-state index < -0.39 is 42.3 Å². The van der Waals surface area contributed by atoms with E-state index in [4.69, 9.17) is 4.74 Å². The molecule has 0 spiro atoms. The number of aromatic nitrogens is 2. The fourth-order valence-corrected chi connectivity index (χ4v) is 2.25. The summed E-state index contributed by atoms with van der Waals surface area (Å²) in [6.07, 6.45) is 1.24. The molecule has 144 valence electrons.